The molecule has 1 N–H and O–H groups in total. The summed E-state index contributed by atoms with van der Waals surface area (Å²) in [6.45, 7) is 0.487. The molecule has 0 bridgehead atoms. The lowest BCUT2D eigenvalue weighted by Crippen LogP contribution is -2.34. The molecule has 0 aliphatic carbocycles. The fraction of sp³-hybridized carbons (Fsp3) is 0.227. The molecule has 28 heavy (non-hydrogen) atoms. The van der Waals surface area contributed by atoms with Crippen LogP contribution in [0, 0.1) is 0 Å². The number of carbonyl (C=O) groups excluding carboxylic acids is 1. The summed E-state index contributed by atoms with van der Waals surface area (Å²) in [4.78, 5) is 25.1. The van der Waals surface area contributed by atoms with Crippen LogP contribution in [-0.4, -0.2) is 26.8 Å². The Bertz CT molecular complexity index is 1190. The Labute approximate surface area is 162 Å². The van der Waals surface area contributed by atoms with Crippen LogP contribution < -0.4 is 10.9 Å². The Morgan fingerprint density at radius 2 is 1.79 bits per heavy atom. The highest BCUT2D eigenvalue weighted by molar-refractivity contribution is 6.07. The number of amides is 1. The summed E-state index contributed by atoms with van der Waals surface area (Å²) < 4.78 is 3.09. The molecule has 0 saturated carbocycles. The number of rotatable bonds is 6. The van der Waals surface area contributed by atoms with Crippen molar-refractivity contribution in [3.63, 3.8) is 0 Å². The van der Waals surface area contributed by atoms with Crippen LogP contribution >= 0.6 is 0 Å². The minimum Gasteiger partial charge on any atom is -0.354 e. The molecule has 2 aromatic carbocycles. The van der Waals surface area contributed by atoms with Gasteiger partial charge in [-0.2, -0.15) is 5.10 Å². The Morgan fingerprint density at radius 1 is 1.04 bits per heavy atom. The van der Waals surface area contributed by atoms with E-state index >= 15 is 0 Å². The SMILES string of the molecule is Cn1c2ccccc2c2cnn(CC(=O)NCCCc3ccccc3)c(=O)c21. The van der Waals surface area contributed by atoms with Gasteiger partial charge in [0.05, 0.1) is 6.20 Å². The first-order chi connectivity index (χ1) is 13.6. The largest absolute Gasteiger partial charge is 0.354 e. The zero-order valence-corrected chi connectivity index (χ0v) is 15.8. The number of fused-ring (bicyclic) bond motifs is 3. The highest BCUT2D eigenvalue weighted by Crippen LogP contribution is 2.24. The van der Waals surface area contributed by atoms with Crippen LogP contribution in [0.25, 0.3) is 21.8 Å². The second kappa shape index (κ2) is 7.68. The lowest BCUT2D eigenvalue weighted by molar-refractivity contribution is -0.121. The highest BCUT2D eigenvalue weighted by atomic mass is 16.2. The number of nitrogens with one attached hydrogen (secondary N) is 1. The monoisotopic (exact) mass is 374 g/mol. The van der Waals surface area contributed by atoms with E-state index < -0.39 is 0 Å². The van der Waals surface area contributed by atoms with Gasteiger partial charge in [-0.1, -0.05) is 48.5 Å². The molecule has 0 radical (unpaired) electrons. The molecule has 6 nitrogen and oxygen atoms in total. The van der Waals surface area contributed by atoms with Crippen LogP contribution in [0.15, 0.2) is 65.6 Å². The molecule has 1 amide bonds. The topological polar surface area (TPSA) is 68.9 Å². The molecule has 0 aliphatic rings. The summed E-state index contributed by atoms with van der Waals surface area (Å²) in [5.41, 5.74) is 2.53. The second-order valence-corrected chi connectivity index (χ2v) is 6.88. The quantitative estimate of drug-likeness (QED) is 0.528. The normalized spacial score (nSPS) is 11.2. The maximum absolute atomic E-state index is 12.9. The first kappa shape index (κ1) is 18.0. The lowest BCUT2D eigenvalue weighted by Gasteiger charge is -2.07. The molecule has 2 heterocycles. The van der Waals surface area contributed by atoms with Crippen molar-refractivity contribution in [2.45, 2.75) is 19.4 Å². The molecule has 0 atom stereocenters. The smallest absolute Gasteiger partial charge is 0.291 e. The third-order valence-electron chi connectivity index (χ3n) is 5.01. The molecule has 4 rings (SSSR count). The van der Waals surface area contributed by atoms with Gasteiger partial charge in [-0.05, 0) is 24.5 Å². The second-order valence-electron chi connectivity index (χ2n) is 6.88. The van der Waals surface area contributed by atoms with Crippen LogP contribution in [0.2, 0.25) is 0 Å². The minimum atomic E-state index is -0.254. The summed E-state index contributed by atoms with van der Waals surface area (Å²) >= 11 is 0. The van der Waals surface area contributed by atoms with E-state index in [2.05, 4.69) is 22.5 Å². The lowest BCUT2D eigenvalue weighted by atomic mass is 10.1. The van der Waals surface area contributed by atoms with E-state index in [0.29, 0.717) is 12.1 Å². The van der Waals surface area contributed by atoms with Crippen molar-refractivity contribution in [2.24, 2.45) is 7.05 Å². The van der Waals surface area contributed by atoms with E-state index in [1.807, 2.05) is 54.1 Å². The van der Waals surface area contributed by atoms with Gasteiger partial charge in [0.15, 0.2) is 0 Å². The predicted octanol–water partition coefficient (Wildman–Crippen LogP) is 2.64. The van der Waals surface area contributed by atoms with Crippen molar-refractivity contribution in [3.8, 4) is 0 Å². The molecule has 0 spiro atoms. The predicted molar refractivity (Wildman–Crippen MR) is 110 cm³/mol. The van der Waals surface area contributed by atoms with Crippen LogP contribution in [0.4, 0.5) is 0 Å². The summed E-state index contributed by atoms with van der Waals surface area (Å²) in [7, 11) is 1.86. The number of hydrogen-bond acceptors (Lipinski definition) is 3. The molecule has 0 unspecified atom stereocenters. The fourth-order valence-electron chi connectivity index (χ4n) is 3.58. The summed E-state index contributed by atoms with van der Waals surface area (Å²) in [6, 6.07) is 18.0. The van der Waals surface area contributed by atoms with Crippen LogP contribution in [0.5, 0.6) is 0 Å². The highest BCUT2D eigenvalue weighted by Gasteiger charge is 2.14. The fourth-order valence-corrected chi connectivity index (χ4v) is 3.58. The number of carbonyl (C=O) groups is 1. The van der Waals surface area contributed by atoms with Gasteiger partial charge in [0.2, 0.25) is 5.91 Å². The maximum Gasteiger partial charge on any atom is 0.291 e. The maximum atomic E-state index is 12.9. The van der Waals surface area contributed by atoms with Crippen molar-refractivity contribution in [1.29, 1.82) is 0 Å². The van der Waals surface area contributed by atoms with E-state index in [1.54, 1.807) is 6.20 Å². The van der Waals surface area contributed by atoms with Crippen LogP contribution in [0.1, 0.15) is 12.0 Å². The van der Waals surface area contributed by atoms with E-state index in [9.17, 15) is 9.59 Å². The number of benzene rings is 2. The Hall–Kier alpha value is -3.41. The van der Waals surface area contributed by atoms with Crippen molar-refractivity contribution in [3.05, 3.63) is 76.7 Å². The van der Waals surface area contributed by atoms with Crippen molar-refractivity contribution < 1.29 is 4.79 Å². The number of hydrogen-bond donors (Lipinski definition) is 1. The third kappa shape index (κ3) is 3.41. The molecule has 0 saturated heterocycles. The average Bonchev–Trinajstić information content (AvgIpc) is 3.01. The Morgan fingerprint density at radius 3 is 2.61 bits per heavy atom. The van der Waals surface area contributed by atoms with Crippen molar-refractivity contribution >= 4 is 27.7 Å². The zero-order chi connectivity index (χ0) is 19.5. The van der Waals surface area contributed by atoms with E-state index in [1.165, 1.54) is 10.2 Å². The average molecular weight is 374 g/mol. The minimum absolute atomic E-state index is 0.0817. The van der Waals surface area contributed by atoms with E-state index in [4.69, 9.17) is 0 Å². The summed E-state index contributed by atoms with van der Waals surface area (Å²) in [6.07, 6.45) is 3.42. The first-order valence-corrected chi connectivity index (χ1v) is 9.39. The number of para-hydroxylation sites is 1. The molecule has 2 aromatic heterocycles. The molecular weight excluding hydrogens is 352 g/mol. The number of nitrogens with zero attached hydrogens (tertiary/aromatic N) is 3. The van der Waals surface area contributed by atoms with Gasteiger partial charge in [0.1, 0.15) is 12.1 Å². The Balaban J connectivity index is 1.45. The van der Waals surface area contributed by atoms with Crippen molar-refractivity contribution in [1.82, 2.24) is 19.7 Å². The molecule has 6 heteroatoms. The number of aryl methyl sites for hydroxylation is 2. The van der Waals surface area contributed by atoms with E-state index in [0.717, 1.165) is 29.1 Å². The molecule has 4 aromatic rings. The van der Waals surface area contributed by atoms with Gasteiger partial charge >= 0.3 is 0 Å². The van der Waals surface area contributed by atoms with Crippen LogP contribution in [0.3, 0.4) is 0 Å². The summed E-state index contributed by atoms with van der Waals surface area (Å²) in [5.74, 6) is -0.208. The van der Waals surface area contributed by atoms with Gasteiger partial charge in [0, 0.05) is 29.9 Å². The van der Waals surface area contributed by atoms with Gasteiger partial charge in [-0.3, -0.25) is 9.59 Å². The van der Waals surface area contributed by atoms with Gasteiger partial charge in [-0.15, -0.1) is 0 Å². The Kier molecular flexibility index (Phi) is 4.93. The molecule has 142 valence electrons. The van der Waals surface area contributed by atoms with E-state index in [-0.39, 0.29) is 18.0 Å². The molecular formula is C22H22N4O2. The number of aromatic nitrogens is 3. The first-order valence-electron chi connectivity index (χ1n) is 9.39. The van der Waals surface area contributed by atoms with Gasteiger partial charge in [-0.25, -0.2) is 4.68 Å². The van der Waals surface area contributed by atoms with Gasteiger partial charge in [0.25, 0.3) is 5.56 Å². The third-order valence-corrected chi connectivity index (χ3v) is 5.01. The standard InChI is InChI=1S/C22H22N4O2/c1-25-19-12-6-5-11-17(19)18-14-24-26(22(28)21(18)25)15-20(27)23-13-7-10-16-8-3-2-4-9-16/h2-6,8-9,11-12,14H,7,10,13,15H2,1H3,(H,23,27). The molecule has 0 fully saturated rings. The summed E-state index contributed by atoms with van der Waals surface area (Å²) in [5, 5.41) is 8.88. The zero-order valence-electron chi connectivity index (χ0n) is 15.8. The van der Waals surface area contributed by atoms with Crippen molar-refractivity contribution in [2.75, 3.05) is 6.54 Å². The molecule has 0 aliphatic heterocycles. The van der Waals surface area contributed by atoms with Crippen LogP contribution in [-0.2, 0) is 24.8 Å². The van der Waals surface area contributed by atoms with Gasteiger partial charge < -0.3 is 9.88 Å².